The summed E-state index contributed by atoms with van der Waals surface area (Å²) in [5.74, 6) is -0.360. The van der Waals surface area contributed by atoms with E-state index in [0.29, 0.717) is 50.1 Å². The number of nitrogens with one attached hydrogen (secondary N) is 1. The van der Waals surface area contributed by atoms with Crippen molar-refractivity contribution < 1.29 is 28.8 Å². The van der Waals surface area contributed by atoms with E-state index < -0.39 is 17.4 Å². The number of amides is 3. The molecule has 0 aromatic heterocycles. The Morgan fingerprint density at radius 1 is 1.05 bits per heavy atom. The maximum Gasteiger partial charge on any atom is 0.245 e. The monoisotopic (exact) mass is 593 g/mol. The van der Waals surface area contributed by atoms with Gasteiger partial charge in [0.15, 0.2) is 5.78 Å². The molecule has 1 aliphatic rings. The Labute approximate surface area is 255 Å². The summed E-state index contributed by atoms with van der Waals surface area (Å²) in [6.45, 7) is 9.02. The van der Waals surface area contributed by atoms with Gasteiger partial charge in [-0.05, 0) is 54.5 Å². The molecule has 0 unspecified atom stereocenters. The van der Waals surface area contributed by atoms with E-state index in [1.165, 1.54) is 5.06 Å². The van der Waals surface area contributed by atoms with Gasteiger partial charge in [0.1, 0.15) is 18.4 Å². The van der Waals surface area contributed by atoms with E-state index in [1.54, 1.807) is 36.3 Å². The normalized spacial score (nSPS) is 15.3. The average molecular weight is 594 g/mol. The third-order valence-corrected chi connectivity index (χ3v) is 7.99. The number of Topliss-reactive ketones (excluding diaryl/α,β-unsaturated/α-hetero) is 1. The van der Waals surface area contributed by atoms with Crippen molar-refractivity contribution in [2.24, 2.45) is 17.3 Å². The number of hydrogen-bond acceptors (Lipinski definition) is 6. The SMILES string of the molecule is CCCC[C@H](CN(C=O)OCc1ccccc1)C(=O)N[C@H](C(=O)N1CCC(C(=O)c2ccc(OC)cc2)CC1)C(C)(C)C. The number of hydroxylamine groups is 2. The molecule has 2 aromatic rings. The van der Waals surface area contributed by atoms with Crippen molar-refractivity contribution in [2.75, 3.05) is 26.7 Å². The van der Waals surface area contributed by atoms with Crippen LogP contribution in [0, 0.1) is 17.3 Å². The summed E-state index contributed by atoms with van der Waals surface area (Å²) in [4.78, 5) is 59.8. The van der Waals surface area contributed by atoms with Gasteiger partial charge >= 0.3 is 0 Å². The fourth-order valence-corrected chi connectivity index (χ4v) is 5.28. The van der Waals surface area contributed by atoms with Crippen LogP contribution in [0.3, 0.4) is 0 Å². The number of piperidine rings is 1. The molecule has 1 aliphatic heterocycles. The van der Waals surface area contributed by atoms with Crippen LogP contribution in [0.1, 0.15) is 75.7 Å². The second-order valence-electron chi connectivity index (χ2n) is 12.3. The summed E-state index contributed by atoms with van der Waals surface area (Å²) in [6.07, 6.45) is 3.97. The zero-order chi connectivity index (χ0) is 31.4. The van der Waals surface area contributed by atoms with Gasteiger partial charge in [-0.2, -0.15) is 0 Å². The summed E-state index contributed by atoms with van der Waals surface area (Å²) < 4.78 is 5.19. The molecule has 0 saturated carbocycles. The topological polar surface area (TPSA) is 105 Å². The van der Waals surface area contributed by atoms with Crippen LogP contribution in [-0.4, -0.2) is 66.8 Å². The van der Waals surface area contributed by atoms with E-state index in [1.807, 2.05) is 58.0 Å². The largest absolute Gasteiger partial charge is 0.497 e. The Morgan fingerprint density at radius 2 is 1.70 bits per heavy atom. The highest BCUT2D eigenvalue weighted by Gasteiger charge is 2.39. The van der Waals surface area contributed by atoms with Gasteiger partial charge in [0.2, 0.25) is 18.2 Å². The number of hydrogen-bond donors (Lipinski definition) is 1. The van der Waals surface area contributed by atoms with Crippen LogP contribution in [0.15, 0.2) is 54.6 Å². The van der Waals surface area contributed by atoms with Crippen LogP contribution in [0.4, 0.5) is 0 Å². The minimum atomic E-state index is -0.757. The zero-order valence-electron chi connectivity index (χ0n) is 26.2. The number of likely N-dealkylation sites (tertiary alicyclic amines) is 1. The Morgan fingerprint density at radius 3 is 2.26 bits per heavy atom. The Balaban J connectivity index is 1.63. The van der Waals surface area contributed by atoms with Crippen molar-refractivity contribution in [3.05, 3.63) is 65.7 Å². The minimum absolute atomic E-state index is 0.0726. The molecule has 0 radical (unpaired) electrons. The molecule has 234 valence electrons. The third kappa shape index (κ3) is 9.92. The fourth-order valence-electron chi connectivity index (χ4n) is 5.28. The summed E-state index contributed by atoms with van der Waals surface area (Å²) in [7, 11) is 1.59. The third-order valence-electron chi connectivity index (χ3n) is 7.99. The molecule has 1 N–H and O–H groups in total. The van der Waals surface area contributed by atoms with E-state index in [2.05, 4.69) is 5.32 Å². The average Bonchev–Trinajstić information content (AvgIpc) is 3.02. The van der Waals surface area contributed by atoms with Crippen LogP contribution in [0.5, 0.6) is 5.75 Å². The van der Waals surface area contributed by atoms with Gasteiger partial charge in [-0.15, -0.1) is 0 Å². The number of benzene rings is 2. The Kier molecular flexibility index (Phi) is 12.7. The van der Waals surface area contributed by atoms with E-state index in [9.17, 15) is 19.2 Å². The molecule has 1 fully saturated rings. The molecule has 0 aliphatic carbocycles. The van der Waals surface area contributed by atoms with Crippen LogP contribution in [0.2, 0.25) is 0 Å². The molecule has 9 nitrogen and oxygen atoms in total. The lowest BCUT2D eigenvalue weighted by atomic mass is 9.83. The van der Waals surface area contributed by atoms with Crippen LogP contribution in [0.25, 0.3) is 0 Å². The molecule has 3 amide bonds. The first-order chi connectivity index (χ1) is 20.6. The number of methoxy groups -OCH3 is 1. The number of unbranched alkanes of at least 4 members (excludes halogenated alkanes) is 1. The maximum absolute atomic E-state index is 13.8. The van der Waals surface area contributed by atoms with Gasteiger partial charge in [0.05, 0.1) is 19.6 Å². The van der Waals surface area contributed by atoms with Crippen molar-refractivity contribution in [2.45, 2.75) is 72.4 Å². The van der Waals surface area contributed by atoms with Crippen LogP contribution in [-0.2, 0) is 25.8 Å². The fraction of sp³-hybridized carbons (Fsp3) is 0.529. The lowest BCUT2D eigenvalue weighted by Gasteiger charge is -2.38. The van der Waals surface area contributed by atoms with Crippen molar-refractivity contribution >= 4 is 24.0 Å². The number of rotatable bonds is 15. The van der Waals surface area contributed by atoms with Gasteiger partial charge in [0.25, 0.3) is 0 Å². The van der Waals surface area contributed by atoms with E-state index in [4.69, 9.17) is 9.57 Å². The quantitative estimate of drug-likeness (QED) is 0.176. The zero-order valence-corrected chi connectivity index (χ0v) is 26.2. The van der Waals surface area contributed by atoms with E-state index in [-0.39, 0.29) is 36.7 Å². The number of carbonyl (C=O) groups excluding carboxylic acids is 4. The van der Waals surface area contributed by atoms with E-state index >= 15 is 0 Å². The molecule has 0 bridgehead atoms. The molecular weight excluding hydrogens is 546 g/mol. The Hall–Kier alpha value is -3.72. The molecule has 43 heavy (non-hydrogen) atoms. The standard InChI is InChI=1S/C34H47N3O6/c1-6-7-13-28(22-37(24-38)43-23-25-11-9-8-10-12-25)32(40)35-31(34(2,3)4)33(41)36-20-18-27(19-21-36)30(39)26-14-16-29(42-5)17-15-26/h8-12,14-17,24,27-28,31H,6-7,13,18-23H2,1-5H3,(H,35,40)/t28-,31-/m1/s1. The highest BCUT2D eigenvalue weighted by atomic mass is 16.7. The number of ketones is 1. The first-order valence-corrected chi connectivity index (χ1v) is 15.2. The molecule has 3 rings (SSSR count). The minimum Gasteiger partial charge on any atom is -0.497 e. The van der Waals surface area contributed by atoms with Gasteiger partial charge in [-0.25, -0.2) is 5.06 Å². The van der Waals surface area contributed by atoms with Crippen molar-refractivity contribution in [3.8, 4) is 5.75 Å². The summed E-state index contributed by atoms with van der Waals surface area (Å²) in [6, 6.07) is 15.9. The van der Waals surface area contributed by atoms with Gasteiger partial charge in [0, 0.05) is 24.6 Å². The van der Waals surface area contributed by atoms with Crippen LogP contribution >= 0.6 is 0 Å². The number of ether oxygens (including phenoxy) is 1. The van der Waals surface area contributed by atoms with E-state index in [0.717, 1.165) is 18.4 Å². The van der Waals surface area contributed by atoms with Crippen molar-refractivity contribution in [1.29, 1.82) is 0 Å². The van der Waals surface area contributed by atoms with Crippen molar-refractivity contribution in [1.82, 2.24) is 15.3 Å². The molecule has 1 heterocycles. The second-order valence-corrected chi connectivity index (χ2v) is 12.3. The van der Waals surface area contributed by atoms with Crippen molar-refractivity contribution in [3.63, 3.8) is 0 Å². The molecule has 2 aromatic carbocycles. The number of carbonyl (C=O) groups is 4. The van der Waals surface area contributed by atoms with Gasteiger partial charge < -0.3 is 15.0 Å². The summed E-state index contributed by atoms with van der Waals surface area (Å²) in [5, 5.41) is 4.20. The first kappa shape index (κ1) is 33.8. The first-order valence-electron chi connectivity index (χ1n) is 15.2. The lowest BCUT2D eigenvalue weighted by molar-refractivity contribution is -0.182. The highest BCUT2D eigenvalue weighted by Crippen LogP contribution is 2.27. The maximum atomic E-state index is 13.8. The lowest BCUT2D eigenvalue weighted by Crippen LogP contribution is -2.57. The predicted molar refractivity (Wildman–Crippen MR) is 165 cm³/mol. The highest BCUT2D eigenvalue weighted by molar-refractivity contribution is 5.98. The molecule has 2 atom stereocenters. The smallest absolute Gasteiger partial charge is 0.245 e. The Bertz CT molecular complexity index is 1190. The summed E-state index contributed by atoms with van der Waals surface area (Å²) >= 11 is 0. The molecular formula is C34H47N3O6. The predicted octanol–water partition coefficient (Wildman–Crippen LogP) is 5.04. The molecule has 1 saturated heterocycles. The van der Waals surface area contributed by atoms with Gasteiger partial charge in [-0.1, -0.05) is 70.9 Å². The molecule has 9 heteroatoms. The van der Waals surface area contributed by atoms with Gasteiger partial charge in [-0.3, -0.25) is 24.0 Å². The van der Waals surface area contributed by atoms with Crippen LogP contribution < -0.4 is 10.1 Å². The molecule has 0 spiro atoms. The summed E-state index contributed by atoms with van der Waals surface area (Å²) in [5.41, 5.74) is 1.00. The second kappa shape index (κ2) is 16.2. The number of nitrogens with zero attached hydrogens (tertiary/aromatic N) is 2.